The molecule has 0 amide bonds. The number of aliphatic hydroxyl groups excluding tert-OH is 1. The first-order chi connectivity index (χ1) is 11.6. The van der Waals surface area contributed by atoms with Crippen LogP contribution in [0.5, 0.6) is 11.5 Å². The molecule has 128 valence electrons. The smallest absolute Gasteiger partial charge is 0.159 e. The summed E-state index contributed by atoms with van der Waals surface area (Å²) in [5, 5.41) is 13.1. The van der Waals surface area contributed by atoms with Gasteiger partial charge in [-0.15, -0.1) is 0 Å². The summed E-state index contributed by atoms with van der Waals surface area (Å²) in [6.07, 6.45) is -0.615. The summed E-state index contributed by atoms with van der Waals surface area (Å²) in [5.41, 5.74) is 1.76. The molecule has 0 heterocycles. The average molecular weight is 329 g/mol. The number of Topliss-reactive ketones (excluding diaryl/α,β-unsaturated/α-hetero) is 1. The molecule has 0 spiro atoms. The number of carbonyl (C=O) groups excluding carboxylic acids is 1. The van der Waals surface area contributed by atoms with Crippen molar-refractivity contribution in [1.82, 2.24) is 5.32 Å². The Hall–Kier alpha value is -2.37. The molecule has 0 saturated heterocycles. The summed E-state index contributed by atoms with van der Waals surface area (Å²) in [5.74, 6) is 1.47. The molecule has 2 aromatic rings. The van der Waals surface area contributed by atoms with Gasteiger partial charge in [0, 0.05) is 18.7 Å². The van der Waals surface area contributed by atoms with Crippen LogP contribution in [-0.2, 0) is 6.54 Å². The molecule has 0 aliphatic heterocycles. The molecule has 2 N–H and O–H groups in total. The number of methoxy groups -OCH3 is 1. The van der Waals surface area contributed by atoms with E-state index in [1.165, 1.54) is 6.92 Å². The lowest BCUT2D eigenvalue weighted by atomic mass is 10.1. The van der Waals surface area contributed by atoms with Crippen molar-refractivity contribution in [3.63, 3.8) is 0 Å². The Labute approximate surface area is 142 Å². The van der Waals surface area contributed by atoms with Gasteiger partial charge in [-0.2, -0.15) is 0 Å². The number of ether oxygens (including phenoxy) is 2. The van der Waals surface area contributed by atoms with Gasteiger partial charge in [0.1, 0.15) is 24.2 Å². The van der Waals surface area contributed by atoms with E-state index in [2.05, 4.69) is 5.32 Å². The molecule has 5 nitrogen and oxygen atoms in total. The molecule has 0 radical (unpaired) electrons. The van der Waals surface area contributed by atoms with Crippen LogP contribution in [0.4, 0.5) is 0 Å². The third kappa shape index (κ3) is 5.68. The monoisotopic (exact) mass is 329 g/mol. The number of aliphatic hydroxyl groups is 1. The molecule has 0 bridgehead atoms. The summed E-state index contributed by atoms with van der Waals surface area (Å²) < 4.78 is 10.6. The number of rotatable bonds is 9. The number of carbonyl (C=O) groups is 1. The second-order valence-electron chi connectivity index (χ2n) is 5.52. The van der Waals surface area contributed by atoms with Crippen molar-refractivity contribution in [3.8, 4) is 11.5 Å². The predicted molar refractivity (Wildman–Crippen MR) is 92.6 cm³/mol. The zero-order chi connectivity index (χ0) is 17.4. The molecule has 2 rings (SSSR count). The Morgan fingerprint density at radius 1 is 1.08 bits per heavy atom. The van der Waals surface area contributed by atoms with E-state index in [9.17, 15) is 9.90 Å². The molecule has 2 aromatic carbocycles. The molecular weight excluding hydrogens is 306 g/mol. The fourth-order valence-electron chi connectivity index (χ4n) is 2.16. The van der Waals surface area contributed by atoms with E-state index in [0.29, 0.717) is 24.4 Å². The second kappa shape index (κ2) is 9.05. The molecule has 0 unspecified atom stereocenters. The first kappa shape index (κ1) is 18.0. The van der Waals surface area contributed by atoms with Crippen LogP contribution in [0.25, 0.3) is 0 Å². The molecule has 0 aromatic heterocycles. The van der Waals surface area contributed by atoms with E-state index in [-0.39, 0.29) is 12.4 Å². The van der Waals surface area contributed by atoms with E-state index in [1.807, 2.05) is 24.3 Å². The lowest BCUT2D eigenvalue weighted by Crippen LogP contribution is -2.31. The molecule has 0 saturated carbocycles. The summed E-state index contributed by atoms with van der Waals surface area (Å²) in [6, 6.07) is 14.7. The molecule has 0 fully saturated rings. The summed E-state index contributed by atoms with van der Waals surface area (Å²) in [6.45, 7) is 2.80. The van der Waals surface area contributed by atoms with Crippen molar-refractivity contribution in [2.24, 2.45) is 0 Å². The lowest BCUT2D eigenvalue weighted by molar-refractivity contribution is 0.101. The third-order valence-electron chi connectivity index (χ3n) is 3.57. The molecular formula is C19H23NO4. The zero-order valence-electron chi connectivity index (χ0n) is 14.0. The van der Waals surface area contributed by atoms with Gasteiger partial charge < -0.3 is 19.9 Å². The van der Waals surface area contributed by atoms with E-state index in [4.69, 9.17) is 9.47 Å². The van der Waals surface area contributed by atoms with E-state index in [0.717, 1.165) is 11.3 Å². The highest BCUT2D eigenvalue weighted by molar-refractivity contribution is 5.94. The largest absolute Gasteiger partial charge is 0.497 e. The van der Waals surface area contributed by atoms with Crippen LogP contribution in [0.2, 0.25) is 0 Å². The minimum atomic E-state index is -0.615. The van der Waals surface area contributed by atoms with Gasteiger partial charge >= 0.3 is 0 Å². The molecule has 0 aliphatic rings. The number of hydrogen-bond donors (Lipinski definition) is 2. The number of benzene rings is 2. The minimum Gasteiger partial charge on any atom is -0.497 e. The van der Waals surface area contributed by atoms with Gasteiger partial charge in [0.15, 0.2) is 5.78 Å². The van der Waals surface area contributed by atoms with E-state index >= 15 is 0 Å². The number of hydrogen-bond acceptors (Lipinski definition) is 5. The van der Waals surface area contributed by atoms with Crippen molar-refractivity contribution in [2.45, 2.75) is 19.6 Å². The Bertz CT molecular complexity index is 637. The van der Waals surface area contributed by atoms with Gasteiger partial charge in [0.05, 0.1) is 7.11 Å². The SMILES string of the molecule is COc1ccc(CNC[C@H](O)COc2ccc(C(C)=O)cc2)cc1. The van der Waals surface area contributed by atoms with Gasteiger partial charge in [0.2, 0.25) is 0 Å². The van der Waals surface area contributed by atoms with E-state index < -0.39 is 6.10 Å². The third-order valence-corrected chi connectivity index (χ3v) is 3.57. The number of nitrogens with one attached hydrogen (secondary N) is 1. The summed E-state index contributed by atoms with van der Waals surface area (Å²) in [7, 11) is 1.64. The maximum atomic E-state index is 11.2. The highest BCUT2D eigenvalue weighted by Gasteiger charge is 2.06. The fourth-order valence-corrected chi connectivity index (χ4v) is 2.16. The summed E-state index contributed by atoms with van der Waals surface area (Å²) in [4.78, 5) is 11.2. The van der Waals surface area contributed by atoms with Crippen LogP contribution >= 0.6 is 0 Å². The Kier molecular flexibility index (Phi) is 6.78. The Morgan fingerprint density at radius 3 is 2.29 bits per heavy atom. The molecule has 5 heteroatoms. The van der Waals surface area contributed by atoms with Gasteiger partial charge in [-0.25, -0.2) is 0 Å². The van der Waals surface area contributed by atoms with Crippen molar-refractivity contribution in [3.05, 3.63) is 59.7 Å². The highest BCUT2D eigenvalue weighted by atomic mass is 16.5. The fraction of sp³-hybridized carbons (Fsp3) is 0.316. The maximum absolute atomic E-state index is 11.2. The van der Waals surface area contributed by atoms with Crippen LogP contribution in [0.15, 0.2) is 48.5 Å². The van der Waals surface area contributed by atoms with Crippen molar-refractivity contribution in [1.29, 1.82) is 0 Å². The topological polar surface area (TPSA) is 67.8 Å². The molecule has 1 atom stereocenters. The van der Waals surface area contributed by atoms with Gasteiger partial charge in [-0.05, 0) is 48.9 Å². The van der Waals surface area contributed by atoms with Gasteiger partial charge in [-0.1, -0.05) is 12.1 Å². The first-order valence-electron chi connectivity index (χ1n) is 7.84. The second-order valence-corrected chi connectivity index (χ2v) is 5.52. The van der Waals surface area contributed by atoms with Gasteiger partial charge in [-0.3, -0.25) is 4.79 Å². The van der Waals surface area contributed by atoms with Gasteiger partial charge in [0.25, 0.3) is 0 Å². The normalized spacial score (nSPS) is 11.8. The van der Waals surface area contributed by atoms with Crippen molar-refractivity contribution < 1.29 is 19.4 Å². The highest BCUT2D eigenvalue weighted by Crippen LogP contribution is 2.13. The molecule has 24 heavy (non-hydrogen) atoms. The van der Waals surface area contributed by atoms with Crippen LogP contribution in [-0.4, -0.2) is 37.3 Å². The molecule has 0 aliphatic carbocycles. The average Bonchev–Trinajstić information content (AvgIpc) is 2.61. The van der Waals surface area contributed by atoms with Crippen LogP contribution < -0.4 is 14.8 Å². The zero-order valence-corrected chi connectivity index (χ0v) is 14.0. The number of ketones is 1. The quantitative estimate of drug-likeness (QED) is 0.692. The predicted octanol–water partition coefficient (Wildman–Crippen LogP) is 2.43. The van der Waals surface area contributed by atoms with Crippen LogP contribution in [0, 0.1) is 0 Å². The maximum Gasteiger partial charge on any atom is 0.159 e. The first-order valence-corrected chi connectivity index (χ1v) is 7.84. The Balaban J connectivity index is 1.69. The van der Waals surface area contributed by atoms with Crippen molar-refractivity contribution >= 4 is 5.78 Å². The standard InChI is InChI=1S/C19H23NO4/c1-14(21)16-5-9-19(10-6-16)24-13-17(22)12-20-11-15-3-7-18(23-2)8-4-15/h3-10,17,20,22H,11-13H2,1-2H3/t17-/m0/s1. The summed E-state index contributed by atoms with van der Waals surface area (Å²) >= 11 is 0. The lowest BCUT2D eigenvalue weighted by Gasteiger charge is -2.13. The van der Waals surface area contributed by atoms with Crippen LogP contribution in [0.3, 0.4) is 0 Å². The minimum absolute atomic E-state index is 0.0179. The van der Waals surface area contributed by atoms with Crippen molar-refractivity contribution in [2.75, 3.05) is 20.3 Å². The van der Waals surface area contributed by atoms with E-state index in [1.54, 1.807) is 31.4 Å². The van der Waals surface area contributed by atoms with Crippen LogP contribution in [0.1, 0.15) is 22.8 Å². The Morgan fingerprint density at radius 2 is 1.71 bits per heavy atom.